The zero-order valence-electron chi connectivity index (χ0n) is 13.3. The van der Waals surface area contributed by atoms with Crippen molar-refractivity contribution in [2.75, 3.05) is 18.1 Å². The average molecular weight is 348 g/mol. The number of ether oxygens (including phenoxy) is 2. The summed E-state index contributed by atoms with van der Waals surface area (Å²) in [4.78, 5) is 27.1. The third kappa shape index (κ3) is 2.11. The number of carbonyl (C=O) groups excluding carboxylic acids is 2. The van der Waals surface area contributed by atoms with Crippen LogP contribution in [0.5, 0.6) is 0 Å². The average Bonchev–Trinajstić information content (AvgIpc) is 3.21. The Kier molecular flexibility index (Phi) is 3.66. The van der Waals surface area contributed by atoms with Crippen LogP contribution in [0, 0.1) is 11.8 Å². The van der Waals surface area contributed by atoms with Crippen molar-refractivity contribution in [3.8, 4) is 0 Å². The van der Waals surface area contributed by atoms with Crippen molar-refractivity contribution in [2.45, 2.75) is 25.0 Å². The number of carbonyl (C=O) groups is 2. The van der Waals surface area contributed by atoms with E-state index in [9.17, 15) is 9.59 Å². The number of para-hydroxylation sites is 1. The molecule has 1 amide bonds. The lowest BCUT2D eigenvalue weighted by molar-refractivity contribution is -0.152. The Labute approximate surface area is 145 Å². The molecule has 0 radical (unpaired) electrons. The van der Waals surface area contributed by atoms with E-state index in [1.807, 2.05) is 31.2 Å². The molecule has 0 aromatic heterocycles. The highest BCUT2D eigenvalue weighted by atomic mass is 35.5. The van der Waals surface area contributed by atoms with Crippen LogP contribution in [-0.4, -0.2) is 36.7 Å². The topological polar surface area (TPSA) is 55.8 Å². The predicted octanol–water partition coefficient (Wildman–Crippen LogP) is 2.58. The molecule has 0 unspecified atom stereocenters. The maximum absolute atomic E-state index is 13.1. The Morgan fingerprint density at radius 1 is 1.46 bits per heavy atom. The predicted molar refractivity (Wildman–Crippen MR) is 88.8 cm³/mol. The molecule has 0 saturated carbocycles. The highest BCUT2D eigenvalue weighted by Crippen LogP contribution is 2.53. The minimum atomic E-state index is -0.753. The van der Waals surface area contributed by atoms with Crippen molar-refractivity contribution in [1.29, 1.82) is 0 Å². The third-order valence-corrected chi connectivity index (χ3v) is 5.28. The summed E-state index contributed by atoms with van der Waals surface area (Å²) < 4.78 is 11.3. The summed E-state index contributed by atoms with van der Waals surface area (Å²) >= 11 is 6.25. The number of nitrogens with zero attached hydrogens (tertiary/aromatic N) is 1. The fourth-order valence-electron chi connectivity index (χ4n) is 3.94. The van der Waals surface area contributed by atoms with Crippen molar-refractivity contribution in [1.82, 2.24) is 0 Å². The molecular formula is C18H18ClNO4. The van der Waals surface area contributed by atoms with Crippen LogP contribution < -0.4 is 4.90 Å². The number of amides is 1. The van der Waals surface area contributed by atoms with Gasteiger partial charge >= 0.3 is 5.97 Å². The minimum Gasteiger partial charge on any atom is -0.465 e. The normalized spacial score (nSPS) is 33.2. The molecule has 3 heterocycles. The monoisotopic (exact) mass is 347 g/mol. The lowest BCUT2D eigenvalue weighted by Crippen LogP contribution is -2.40. The molecule has 4 atom stereocenters. The Hall–Kier alpha value is -1.85. The molecule has 6 heteroatoms. The van der Waals surface area contributed by atoms with Crippen molar-refractivity contribution < 1.29 is 19.1 Å². The fraction of sp³-hybridized carbons (Fsp3) is 0.444. The summed E-state index contributed by atoms with van der Waals surface area (Å²) in [5.41, 5.74) is -0.106. The van der Waals surface area contributed by atoms with Crippen molar-refractivity contribution in [2.24, 2.45) is 11.8 Å². The zero-order chi connectivity index (χ0) is 16.9. The van der Waals surface area contributed by atoms with Crippen LogP contribution >= 0.6 is 11.6 Å². The van der Waals surface area contributed by atoms with Crippen LogP contribution in [0.1, 0.15) is 13.3 Å². The lowest BCUT2D eigenvalue weighted by Gasteiger charge is -2.22. The molecule has 1 spiro atoms. The number of fused-ring (bicyclic) bond motifs is 1. The first-order chi connectivity index (χ1) is 11.6. The van der Waals surface area contributed by atoms with Crippen LogP contribution in [0.4, 0.5) is 5.69 Å². The van der Waals surface area contributed by atoms with Gasteiger partial charge in [0.25, 0.3) is 0 Å². The summed E-state index contributed by atoms with van der Waals surface area (Å²) in [6, 6.07) is 7.20. The first kappa shape index (κ1) is 15.7. The Bertz CT molecular complexity index is 733. The molecule has 3 aliphatic heterocycles. The molecule has 24 heavy (non-hydrogen) atoms. The maximum Gasteiger partial charge on any atom is 0.312 e. The molecule has 126 valence electrons. The van der Waals surface area contributed by atoms with E-state index in [1.54, 1.807) is 17.0 Å². The molecule has 0 aliphatic carbocycles. The molecule has 2 fully saturated rings. The summed E-state index contributed by atoms with van der Waals surface area (Å²) in [5.74, 6) is -1.62. The molecule has 3 aliphatic rings. The standard InChI is InChI=1S/C18H18ClNO4/c1-2-9-23-17(22)14-13-7-8-18(24-13)10-20(16(21)15(14)18)12-6-4-3-5-11(12)19/h3-8,13-15H,2,9-10H2,1H3/t13-,14+,15+,18-/m1/s1. The Morgan fingerprint density at radius 2 is 2.25 bits per heavy atom. The molecule has 4 rings (SSSR count). The van der Waals surface area contributed by atoms with Gasteiger partial charge < -0.3 is 14.4 Å². The van der Waals surface area contributed by atoms with Gasteiger partial charge in [0, 0.05) is 0 Å². The highest BCUT2D eigenvalue weighted by Gasteiger charge is 2.67. The van der Waals surface area contributed by atoms with Crippen LogP contribution in [0.25, 0.3) is 0 Å². The van der Waals surface area contributed by atoms with E-state index in [2.05, 4.69) is 0 Å². The number of hydrogen-bond donors (Lipinski definition) is 0. The van der Waals surface area contributed by atoms with Gasteiger partial charge in [-0.1, -0.05) is 42.8 Å². The molecule has 1 aromatic rings. The fourth-order valence-corrected chi connectivity index (χ4v) is 4.18. The molecule has 2 bridgehead atoms. The van der Waals surface area contributed by atoms with Gasteiger partial charge in [0.15, 0.2) is 0 Å². The van der Waals surface area contributed by atoms with Gasteiger partial charge in [0.05, 0.1) is 35.9 Å². The molecule has 2 saturated heterocycles. The second-order valence-corrected chi connectivity index (χ2v) is 6.85. The quantitative estimate of drug-likeness (QED) is 0.620. The number of hydrogen-bond acceptors (Lipinski definition) is 4. The molecule has 0 N–H and O–H groups in total. The van der Waals surface area contributed by atoms with Gasteiger partial charge in [-0.05, 0) is 18.6 Å². The van der Waals surface area contributed by atoms with E-state index >= 15 is 0 Å². The number of esters is 1. The van der Waals surface area contributed by atoms with Crippen molar-refractivity contribution in [3.05, 3.63) is 41.4 Å². The van der Waals surface area contributed by atoms with E-state index in [0.29, 0.717) is 23.9 Å². The van der Waals surface area contributed by atoms with Crippen LogP contribution in [-0.2, 0) is 19.1 Å². The second kappa shape index (κ2) is 5.60. The number of benzene rings is 1. The van der Waals surface area contributed by atoms with Crippen LogP contribution in [0.2, 0.25) is 5.02 Å². The molecular weight excluding hydrogens is 330 g/mol. The largest absolute Gasteiger partial charge is 0.465 e. The highest BCUT2D eigenvalue weighted by molar-refractivity contribution is 6.34. The summed E-state index contributed by atoms with van der Waals surface area (Å²) in [6.07, 6.45) is 4.16. The maximum atomic E-state index is 13.1. The Balaban J connectivity index is 1.67. The second-order valence-electron chi connectivity index (χ2n) is 6.44. The van der Waals surface area contributed by atoms with Crippen LogP contribution in [0.3, 0.4) is 0 Å². The molecule has 1 aromatic carbocycles. The van der Waals surface area contributed by atoms with Gasteiger partial charge in [0.1, 0.15) is 11.5 Å². The van der Waals surface area contributed by atoms with Gasteiger partial charge in [-0.15, -0.1) is 0 Å². The van der Waals surface area contributed by atoms with Gasteiger partial charge in [-0.3, -0.25) is 9.59 Å². The SMILES string of the molecule is CCCOC(=O)[C@@H]1[C@H]2C(=O)N(c3ccccc3Cl)C[C@]23C=C[C@H]1O3. The minimum absolute atomic E-state index is 0.131. The lowest BCUT2D eigenvalue weighted by atomic mass is 9.77. The summed E-state index contributed by atoms with van der Waals surface area (Å²) in [6.45, 7) is 2.66. The van der Waals surface area contributed by atoms with E-state index < -0.39 is 17.4 Å². The Morgan fingerprint density at radius 3 is 3.00 bits per heavy atom. The molecule has 5 nitrogen and oxygen atoms in total. The van der Waals surface area contributed by atoms with E-state index in [0.717, 1.165) is 6.42 Å². The van der Waals surface area contributed by atoms with Gasteiger partial charge in [-0.25, -0.2) is 0 Å². The first-order valence-electron chi connectivity index (χ1n) is 8.17. The third-order valence-electron chi connectivity index (χ3n) is 4.96. The number of halogens is 1. The smallest absolute Gasteiger partial charge is 0.312 e. The number of rotatable bonds is 4. The number of anilines is 1. The first-order valence-corrected chi connectivity index (χ1v) is 8.55. The van der Waals surface area contributed by atoms with Crippen molar-refractivity contribution in [3.63, 3.8) is 0 Å². The summed E-state index contributed by atoms with van der Waals surface area (Å²) in [5, 5.41) is 0.505. The summed E-state index contributed by atoms with van der Waals surface area (Å²) in [7, 11) is 0. The van der Waals surface area contributed by atoms with Gasteiger partial charge in [0.2, 0.25) is 5.91 Å². The van der Waals surface area contributed by atoms with E-state index in [-0.39, 0.29) is 18.0 Å². The van der Waals surface area contributed by atoms with E-state index in [1.165, 1.54) is 0 Å². The van der Waals surface area contributed by atoms with Crippen molar-refractivity contribution >= 4 is 29.2 Å². The zero-order valence-corrected chi connectivity index (χ0v) is 14.0. The van der Waals surface area contributed by atoms with Gasteiger partial charge in [-0.2, -0.15) is 0 Å². The van der Waals surface area contributed by atoms with Crippen LogP contribution in [0.15, 0.2) is 36.4 Å². The van der Waals surface area contributed by atoms with E-state index in [4.69, 9.17) is 21.1 Å².